The first kappa shape index (κ1) is 16.8. The predicted molar refractivity (Wildman–Crippen MR) is 98.8 cm³/mol. The molecule has 0 atom stereocenters. The lowest BCUT2D eigenvalue weighted by molar-refractivity contribution is -0.126. The molecule has 2 aromatic heterocycles. The van der Waals surface area contributed by atoms with Crippen LogP contribution in [0, 0.1) is 5.92 Å². The molecule has 0 bridgehead atoms. The average molecular weight is 369 g/mol. The Morgan fingerprint density at radius 3 is 2.77 bits per heavy atom. The number of hydrogen-bond acceptors (Lipinski definition) is 5. The van der Waals surface area contributed by atoms with Gasteiger partial charge in [0.2, 0.25) is 5.91 Å². The van der Waals surface area contributed by atoms with E-state index in [1.54, 1.807) is 22.3 Å². The van der Waals surface area contributed by atoms with E-state index in [0.29, 0.717) is 38.0 Å². The number of aromatic nitrogens is 1. The Hall–Kier alpha value is -2.67. The zero-order chi connectivity index (χ0) is 17.9. The lowest BCUT2D eigenvalue weighted by atomic mass is 9.95. The molecule has 1 aliphatic heterocycles. The maximum absolute atomic E-state index is 12.4. The van der Waals surface area contributed by atoms with Crippen molar-refractivity contribution >= 4 is 33.4 Å². The number of amides is 2. The van der Waals surface area contributed by atoms with Crippen molar-refractivity contribution in [2.45, 2.75) is 19.4 Å². The minimum Gasteiger partial charge on any atom is -0.472 e. The fourth-order valence-electron chi connectivity index (χ4n) is 3.22. The minimum absolute atomic E-state index is 0.0351. The minimum atomic E-state index is -0.0576. The van der Waals surface area contributed by atoms with E-state index in [2.05, 4.69) is 10.3 Å². The highest BCUT2D eigenvalue weighted by Gasteiger charge is 2.28. The van der Waals surface area contributed by atoms with Crippen molar-refractivity contribution in [3.05, 3.63) is 53.4 Å². The molecule has 1 fully saturated rings. The van der Waals surface area contributed by atoms with E-state index < -0.39 is 0 Å². The van der Waals surface area contributed by atoms with Crippen molar-refractivity contribution in [3.8, 4) is 0 Å². The Labute approximate surface area is 154 Å². The SMILES string of the molecule is O=C(NCc1nc2ccccc2s1)C1CCN(C(=O)c2ccoc2)CC1. The van der Waals surface area contributed by atoms with Gasteiger partial charge in [-0.15, -0.1) is 11.3 Å². The first-order valence-corrected chi connectivity index (χ1v) is 9.46. The molecule has 0 saturated carbocycles. The van der Waals surface area contributed by atoms with Gasteiger partial charge in [-0.05, 0) is 31.0 Å². The van der Waals surface area contributed by atoms with Gasteiger partial charge in [-0.2, -0.15) is 0 Å². The summed E-state index contributed by atoms with van der Waals surface area (Å²) in [5.74, 6) is -0.0514. The molecule has 0 aliphatic carbocycles. The Morgan fingerprint density at radius 2 is 2.04 bits per heavy atom. The van der Waals surface area contributed by atoms with Gasteiger partial charge in [-0.1, -0.05) is 12.1 Å². The smallest absolute Gasteiger partial charge is 0.257 e. The van der Waals surface area contributed by atoms with Crippen molar-refractivity contribution < 1.29 is 14.0 Å². The van der Waals surface area contributed by atoms with E-state index in [1.165, 1.54) is 12.5 Å². The summed E-state index contributed by atoms with van der Waals surface area (Å²) in [6.07, 6.45) is 4.30. The molecule has 1 saturated heterocycles. The molecule has 4 rings (SSSR count). The topological polar surface area (TPSA) is 75.4 Å². The van der Waals surface area contributed by atoms with Crippen molar-refractivity contribution in [2.75, 3.05) is 13.1 Å². The maximum atomic E-state index is 12.4. The zero-order valence-corrected chi connectivity index (χ0v) is 15.0. The summed E-state index contributed by atoms with van der Waals surface area (Å²) < 4.78 is 6.09. The number of furan rings is 1. The van der Waals surface area contributed by atoms with Crippen molar-refractivity contribution in [1.29, 1.82) is 0 Å². The van der Waals surface area contributed by atoms with E-state index in [4.69, 9.17) is 4.42 Å². The summed E-state index contributed by atoms with van der Waals surface area (Å²) in [6, 6.07) is 9.62. The number of hydrogen-bond donors (Lipinski definition) is 1. The standard InChI is InChI=1S/C19H19N3O3S/c23-18(20-11-17-21-15-3-1-2-4-16(15)26-17)13-5-8-22(9-6-13)19(24)14-7-10-25-12-14/h1-4,7,10,12-13H,5-6,8-9,11H2,(H,20,23). The Morgan fingerprint density at radius 1 is 1.23 bits per heavy atom. The molecule has 6 nitrogen and oxygen atoms in total. The van der Waals surface area contributed by atoms with Gasteiger partial charge in [0.05, 0.1) is 28.6 Å². The summed E-state index contributed by atoms with van der Waals surface area (Å²) in [5, 5.41) is 3.90. The number of piperidine rings is 1. The fourth-order valence-corrected chi connectivity index (χ4v) is 4.12. The largest absolute Gasteiger partial charge is 0.472 e. The second-order valence-corrected chi connectivity index (χ2v) is 7.49. The molecule has 2 amide bonds. The number of carbonyl (C=O) groups is 2. The third-order valence-electron chi connectivity index (χ3n) is 4.67. The summed E-state index contributed by atoms with van der Waals surface area (Å²) in [4.78, 5) is 31.0. The number of benzene rings is 1. The van der Waals surface area contributed by atoms with Crippen LogP contribution in [0.15, 0.2) is 47.3 Å². The number of likely N-dealkylation sites (tertiary alicyclic amines) is 1. The molecule has 1 N–H and O–H groups in total. The third kappa shape index (κ3) is 3.48. The molecule has 1 aliphatic rings. The van der Waals surface area contributed by atoms with Gasteiger partial charge in [0.1, 0.15) is 11.3 Å². The van der Waals surface area contributed by atoms with Crippen LogP contribution in [0.5, 0.6) is 0 Å². The van der Waals surface area contributed by atoms with Crippen LogP contribution in [0.2, 0.25) is 0 Å². The highest BCUT2D eigenvalue weighted by molar-refractivity contribution is 7.18. The molecule has 0 radical (unpaired) electrons. The molecule has 0 spiro atoms. The average Bonchev–Trinajstić information content (AvgIpc) is 3.35. The first-order chi connectivity index (χ1) is 12.7. The molecule has 26 heavy (non-hydrogen) atoms. The lowest BCUT2D eigenvalue weighted by Crippen LogP contribution is -2.42. The highest BCUT2D eigenvalue weighted by atomic mass is 32.1. The van der Waals surface area contributed by atoms with Gasteiger partial charge in [0.25, 0.3) is 5.91 Å². The molecule has 3 aromatic rings. The van der Waals surface area contributed by atoms with E-state index in [0.717, 1.165) is 15.2 Å². The van der Waals surface area contributed by atoms with Crippen molar-refractivity contribution in [3.63, 3.8) is 0 Å². The van der Waals surface area contributed by atoms with Gasteiger partial charge in [0, 0.05) is 19.0 Å². The number of carbonyl (C=O) groups excluding carboxylic acids is 2. The van der Waals surface area contributed by atoms with Gasteiger partial charge in [0.15, 0.2) is 0 Å². The normalized spacial score (nSPS) is 15.3. The van der Waals surface area contributed by atoms with E-state index >= 15 is 0 Å². The molecule has 1 aromatic carbocycles. The van der Waals surface area contributed by atoms with E-state index in [9.17, 15) is 9.59 Å². The summed E-state index contributed by atoms with van der Waals surface area (Å²) in [7, 11) is 0. The first-order valence-electron chi connectivity index (χ1n) is 8.64. The van der Waals surface area contributed by atoms with Gasteiger partial charge in [-0.3, -0.25) is 9.59 Å². The van der Waals surface area contributed by atoms with E-state index in [-0.39, 0.29) is 17.7 Å². The summed E-state index contributed by atoms with van der Waals surface area (Å²) in [6.45, 7) is 1.62. The Kier molecular flexibility index (Phi) is 4.71. The van der Waals surface area contributed by atoms with Crippen LogP contribution < -0.4 is 5.32 Å². The van der Waals surface area contributed by atoms with Crippen LogP contribution >= 0.6 is 11.3 Å². The third-order valence-corrected chi connectivity index (χ3v) is 5.71. The summed E-state index contributed by atoms with van der Waals surface area (Å²) in [5.41, 5.74) is 1.52. The summed E-state index contributed by atoms with van der Waals surface area (Å²) >= 11 is 1.60. The second-order valence-electron chi connectivity index (χ2n) is 6.37. The fraction of sp³-hybridized carbons (Fsp3) is 0.316. The number of nitrogens with one attached hydrogen (secondary N) is 1. The van der Waals surface area contributed by atoms with Crippen LogP contribution in [0.3, 0.4) is 0 Å². The van der Waals surface area contributed by atoms with Gasteiger partial charge in [-0.25, -0.2) is 4.98 Å². The molecule has 3 heterocycles. The van der Waals surface area contributed by atoms with Gasteiger partial charge >= 0.3 is 0 Å². The number of para-hydroxylation sites is 1. The van der Waals surface area contributed by atoms with Crippen LogP contribution in [0.1, 0.15) is 28.2 Å². The number of thiazole rings is 1. The second kappa shape index (κ2) is 7.29. The molecule has 134 valence electrons. The predicted octanol–water partition coefficient (Wildman–Crippen LogP) is 3.06. The van der Waals surface area contributed by atoms with Gasteiger partial charge < -0.3 is 14.6 Å². The van der Waals surface area contributed by atoms with Crippen LogP contribution in [0.4, 0.5) is 0 Å². The monoisotopic (exact) mass is 369 g/mol. The zero-order valence-electron chi connectivity index (χ0n) is 14.2. The highest BCUT2D eigenvalue weighted by Crippen LogP contribution is 2.22. The number of nitrogens with zero attached hydrogens (tertiary/aromatic N) is 2. The van der Waals surface area contributed by atoms with Crippen molar-refractivity contribution in [2.24, 2.45) is 5.92 Å². The maximum Gasteiger partial charge on any atom is 0.257 e. The molecule has 0 unspecified atom stereocenters. The number of fused-ring (bicyclic) bond motifs is 1. The molecular weight excluding hydrogens is 350 g/mol. The number of rotatable bonds is 4. The Bertz CT molecular complexity index is 878. The molecule has 7 heteroatoms. The molecular formula is C19H19N3O3S. The quantitative estimate of drug-likeness (QED) is 0.767. The van der Waals surface area contributed by atoms with Crippen molar-refractivity contribution in [1.82, 2.24) is 15.2 Å². The van der Waals surface area contributed by atoms with Crippen LogP contribution in [-0.4, -0.2) is 34.8 Å². The Balaban J connectivity index is 1.29. The lowest BCUT2D eigenvalue weighted by Gasteiger charge is -2.31. The van der Waals surface area contributed by atoms with Crippen LogP contribution in [0.25, 0.3) is 10.2 Å². The van der Waals surface area contributed by atoms with Crippen LogP contribution in [-0.2, 0) is 11.3 Å². The van der Waals surface area contributed by atoms with E-state index in [1.807, 2.05) is 24.3 Å².